The van der Waals surface area contributed by atoms with Crippen molar-refractivity contribution in [1.29, 1.82) is 0 Å². The van der Waals surface area contributed by atoms with Crippen molar-refractivity contribution < 1.29 is 36.0 Å². The molecule has 2 aromatic rings. The summed E-state index contributed by atoms with van der Waals surface area (Å²) in [5.41, 5.74) is -4.02. The van der Waals surface area contributed by atoms with Gasteiger partial charge in [0.2, 0.25) is 15.4 Å². The smallest absolute Gasteiger partial charge is 0.426 e. The molecule has 6 nitrogen and oxygen atoms in total. The summed E-state index contributed by atoms with van der Waals surface area (Å²) in [5, 5.41) is 10.8. The maximum Gasteiger partial charge on any atom is 0.426 e. The Balaban J connectivity index is 2.37. The Bertz CT molecular complexity index is 1090. The highest BCUT2D eigenvalue weighted by atomic mass is 35.5. The average molecular weight is 504 g/mol. The quantitative estimate of drug-likeness (QED) is 0.603. The number of carbonyl (C=O) groups is 1. The van der Waals surface area contributed by atoms with Gasteiger partial charge < -0.3 is 15.0 Å². The lowest BCUT2D eigenvalue weighted by Gasteiger charge is -2.25. The van der Waals surface area contributed by atoms with E-state index in [0.717, 1.165) is 24.3 Å². The predicted octanol–water partition coefficient (Wildman–Crippen LogP) is 3.82. The van der Waals surface area contributed by atoms with Crippen LogP contribution in [-0.4, -0.2) is 42.0 Å². The van der Waals surface area contributed by atoms with E-state index in [0.29, 0.717) is 0 Å². The van der Waals surface area contributed by atoms with Crippen LogP contribution in [0.5, 0.6) is 0 Å². The summed E-state index contributed by atoms with van der Waals surface area (Å²) < 4.78 is 75.3. The van der Waals surface area contributed by atoms with E-state index in [1.807, 2.05) is 5.32 Å². The van der Waals surface area contributed by atoms with Gasteiger partial charge in [-0.05, 0) is 54.5 Å². The highest BCUT2D eigenvalue weighted by Crippen LogP contribution is 2.34. The van der Waals surface area contributed by atoms with Crippen LogP contribution in [0.15, 0.2) is 51.1 Å². The second kappa shape index (κ2) is 8.56. The maximum absolute atomic E-state index is 12.8. The van der Waals surface area contributed by atoms with Crippen LogP contribution in [0.1, 0.15) is 6.92 Å². The fourth-order valence-electron chi connectivity index (χ4n) is 2.16. The van der Waals surface area contributed by atoms with Gasteiger partial charge in [-0.3, -0.25) is 4.79 Å². The molecule has 30 heavy (non-hydrogen) atoms. The van der Waals surface area contributed by atoms with Crippen molar-refractivity contribution in [2.24, 2.45) is 0 Å². The number of benzene rings is 2. The zero-order valence-electron chi connectivity index (χ0n) is 15.3. The summed E-state index contributed by atoms with van der Waals surface area (Å²) >= 11 is 10.5. The summed E-state index contributed by atoms with van der Waals surface area (Å²) in [4.78, 5) is 11.5. The van der Waals surface area contributed by atoms with Gasteiger partial charge in [-0.2, -0.15) is 13.2 Å². The molecule has 0 fully saturated rings. The van der Waals surface area contributed by atoms with Gasteiger partial charge in [0.15, 0.2) is 4.90 Å². The number of rotatable bonds is 5. The Morgan fingerprint density at radius 1 is 1.10 bits per heavy atom. The van der Waals surface area contributed by atoms with E-state index in [4.69, 9.17) is 23.2 Å². The number of amides is 1. The first kappa shape index (κ1) is 24.8. The molecule has 2 unspecified atom stereocenters. The summed E-state index contributed by atoms with van der Waals surface area (Å²) in [6.45, 7) is 0.270. The molecule has 2 rings (SSSR count). The van der Waals surface area contributed by atoms with Crippen molar-refractivity contribution in [2.45, 2.75) is 33.4 Å². The van der Waals surface area contributed by atoms with Gasteiger partial charge in [0, 0.05) is 0 Å². The molecule has 0 aromatic heterocycles. The van der Waals surface area contributed by atoms with Crippen LogP contribution in [-0.2, 0) is 25.8 Å². The molecule has 0 heterocycles. The van der Waals surface area contributed by atoms with Crippen LogP contribution >= 0.6 is 23.2 Å². The van der Waals surface area contributed by atoms with E-state index >= 15 is 0 Å². The molecular formula is C17H14Cl2F3NO5S2. The minimum absolute atomic E-state index is 0.0266. The minimum atomic E-state index is -5.24. The first-order valence-electron chi connectivity index (χ1n) is 7.87. The van der Waals surface area contributed by atoms with Gasteiger partial charge in [0.25, 0.3) is 5.91 Å². The van der Waals surface area contributed by atoms with Gasteiger partial charge in [0.1, 0.15) is 6.26 Å². The molecule has 0 spiro atoms. The molecule has 2 atom stereocenters. The van der Waals surface area contributed by atoms with Crippen molar-refractivity contribution in [3.8, 4) is 0 Å². The van der Waals surface area contributed by atoms with Crippen LogP contribution < -0.4 is 5.32 Å². The van der Waals surface area contributed by atoms with Gasteiger partial charge in [0.05, 0.1) is 25.5 Å². The molecule has 13 heteroatoms. The highest BCUT2D eigenvalue weighted by Gasteiger charge is 2.55. The number of sulfone groups is 1. The number of halogens is 5. The van der Waals surface area contributed by atoms with E-state index in [1.54, 1.807) is 0 Å². The molecule has 0 aliphatic rings. The summed E-state index contributed by atoms with van der Waals surface area (Å²) in [6, 6.07) is 6.52. The molecule has 0 aliphatic heterocycles. The van der Waals surface area contributed by atoms with Gasteiger partial charge in [-0.25, -0.2) is 8.42 Å². The van der Waals surface area contributed by atoms with E-state index in [9.17, 15) is 36.0 Å². The number of anilines is 1. The number of carbonyl (C=O) groups excluding carboxylic acids is 1. The predicted molar refractivity (Wildman–Crippen MR) is 106 cm³/mol. The zero-order valence-corrected chi connectivity index (χ0v) is 18.4. The fourth-order valence-corrected chi connectivity index (χ4v) is 4.92. The minimum Gasteiger partial charge on any atom is -0.612 e. The third kappa shape index (κ3) is 4.87. The average Bonchev–Trinajstić information content (AvgIpc) is 2.61. The number of hydrogen-bond acceptors (Lipinski definition) is 5. The van der Waals surface area contributed by atoms with Gasteiger partial charge in [-0.1, -0.05) is 23.2 Å². The monoisotopic (exact) mass is 503 g/mol. The Labute approximate surface area is 183 Å². The molecule has 0 saturated carbocycles. The lowest BCUT2D eigenvalue weighted by Crippen LogP contribution is -2.52. The first-order valence-corrected chi connectivity index (χ1v) is 11.7. The van der Waals surface area contributed by atoms with Crippen LogP contribution in [0, 0.1) is 0 Å². The van der Waals surface area contributed by atoms with Crippen LogP contribution in [0.2, 0.25) is 10.0 Å². The number of hydrogen-bond donors (Lipinski definition) is 2. The topological polar surface area (TPSA) is 107 Å². The SMILES string of the molecule is C[S+]([O-])c1ccc(S(=O)(=O)c2ccc(NC(=O)C(C)(O)C(F)(F)F)c(Cl)c2)cc1Cl. The Hall–Kier alpha value is -1.50. The number of aliphatic hydroxyl groups is 1. The van der Waals surface area contributed by atoms with Crippen molar-refractivity contribution in [3.05, 3.63) is 46.4 Å². The molecule has 0 aliphatic carbocycles. The molecule has 2 N–H and O–H groups in total. The Morgan fingerprint density at radius 2 is 1.60 bits per heavy atom. The molecule has 0 radical (unpaired) electrons. The zero-order chi connectivity index (χ0) is 23.1. The molecule has 2 aromatic carbocycles. The normalized spacial score (nSPS) is 15.4. The third-order valence-electron chi connectivity index (χ3n) is 4.02. The Kier molecular flexibility index (Phi) is 7.07. The summed E-state index contributed by atoms with van der Waals surface area (Å²) in [5.74, 6) is -1.79. The molecule has 164 valence electrons. The van der Waals surface area contributed by atoms with Crippen LogP contribution in [0.3, 0.4) is 0 Å². The number of nitrogens with one attached hydrogen (secondary N) is 1. The molecule has 0 bridgehead atoms. The van der Waals surface area contributed by atoms with Crippen molar-refractivity contribution >= 4 is 55.8 Å². The molecular weight excluding hydrogens is 490 g/mol. The highest BCUT2D eigenvalue weighted by molar-refractivity contribution is 7.91. The molecule has 0 saturated heterocycles. The Morgan fingerprint density at radius 3 is 2.03 bits per heavy atom. The second-order valence-corrected chi connectivity index (χ2v) is 10.3. The fraction of sp³-hybridized carbons (Fsp3) is 0.235. The van der Waals surface area contributed by atoms with E-state index in [1.165, 1.54) is 18.4 Å². The van der Waals surface area contributed by atoms with E-state index in [-0.39, 0.29) is 37.3 Å². The second-order valence-electron chi connectivity index (χ2n) is 6.22. The summed E-state index contributed by atoms with van der Waals surface area (Å²) in [6.07, 6.45) is -3.86. The van der Waals surface area contributed by atoms with Crippen LogP contribution in [0.4, 0.5) is 18.9 Å². The standard InChI is InChI=1S/C17H14Cl2F3NO5S2/c1-16(25,17(20,21)22)15(24)23-13-5-3-9(7-11(13)18)30(27,28)10-4-6-14(29(2)26)12(19)8-10/h3-8,25H,1-2H3,(H,23,24). The van der Waals surface area contributed by atoms with Crippen molar-refractivity contribution in [3.63, 3.8) is 0 Å². The lowest BCUT2D eigenvalue weighted by atomic mass is 10.1. The maximum atomic E-state index is 12.8. The van der Waals surface area contributed by atoms with Gasteiger partial charge >= 0.3 is 6.18 Å². The lowest BCUT2D eigenvalue weighted by molar-refractivity contribution is -0.242. The summed E-state index contributed by atoms with van der Waals surface area (Å²) in [7, 11) is -4.13. The van der Waals surface area contributed by atoms with Crippen LogP contribution in [0.25, 0.3) is 0 Å². The van der Waals surface area contributed by atoms with Crippen molar-refractivity contribution in [2.75, 3.05) is 11.6 Å². The largest absolute Gasteiger partial charge is 0.612 e. The van der Waals surface area contributed by atoms with Gasteiger partial charge in [-0.15, -0.1) is 0 Å². The first-order chi connectivity index (χ1) is 13.6. The van der Waals surface area contributed by atoms with E-state index < -0.39 is 38.7 Å². The molecule has 1 amide bonds. The van der Waals surface area contributed by atoms with E-state index in [2.05, 4.69) is 0 Å². The number of alkyl halides is 3. The third-order valence-corrected chi connectivity index (χ3v) is 7.48. The van der Waals surface area contributed by atoms with Crippen molar-refractivity contribution in [1.82, 2.24) is 0 Å².